The highest BCUT2D eigenvalue weighted by atomic mass is 19.4. The number of aromatic hydroxyl groups is 1. The van der Waals surface area contributed by atoms with Crippen molar-refractivity contribution in [3.8, 4) is 5.75 Å². The molecule has 0 unspecified atom stereocenters. The van der Waals surface area contributed by atoms with Gasteiger partial charge >= 0.3 is 6.18 Å². The van der Waals surface area contributed by atoms with E-state index in [1.54, 1.807) is 18.2 Å². The van der Waals surface area contributed by atoms with E-state index in [4.69, 9.17) is 0 Å². The molecule has 3 aromatic carbocycles. The highest BCUT2D eigenvalue weighted by molar-refractivity contribution is 6.01. The topological polar surface area (TPSA) is 37.3 Å². The van der Waals surface area contributed by atoms with E-state index in [9.17, 15) is 23.1 Å². The minimum absolute atomic E-state index is 0.000276. The summed E-state index contributed by atoms with van der Waals surface area (Å²) in [5.41, 5.74) is 0.0489. The summed E-state index contributed by atoms with van der Waals surface area (Å²) in [5.74, 6) is -0.234. The molecule has 0 atom stereocenters. The van der Waals surface area contributed by atoms with Gasteiger partial charge in [-0.2, -0.15) is 13.2 Å². The maximum absolute atomic E-state index is 12.6. The van der Waals surface area contributed by atoms with Crippen molar-refractivity contribution in [1.29, 1.82) is 0 Å². The number of phenolic OH excluding ortho intramolecular Hbond substituents is 1. The monoisotopic (exact) mass is 330 g/mol. The van der Waals surface area contributed by atoms with Crippen LogP contribution in [0.15, 0.2) is 60.7 Å². The molecule has 122 valence electrons. The lowest BCUT2D eigenvalue weighted by Crippen LogP contribution is -2.07. The molecule has 0 bridgehead atoms. The first-order valence-corrected chi connectivity index (χ1v) is 7.26. The van der Waals surface area contributed by atoms with Crippen LogP contribution in [0.5, 0.6) is 5.75 Å². The SMILES string of the molecule is O=C(Cc1cccc2cccc(O)c12)c1ccc(C(F)(F)F)cc1. The molecule has 3 aromatic rings. The lowest BCUT2D eigenvalue weighted by atomic mass is 9.96. The summed E-state index contributed by atoms with van der Waals surface area (Å²) in [6.07, 6.45) is -4.43. The number of carbonyl (C=O) groups excluding carboxylic acids is 1. The molecule has 0 saturated carbocycles. The zero-order valence-electron chi connectivity index (χ0n) is 12.5. The number of hydrogen-bond donors (Lipinski definition) is 1. The molecular weight excluding hydrogens is 317 g/mol. The van der Waals surface area contributed by atoms with Gasteiger partial charge in [-0.15, -0.1) is 0 Å². The molecule has 0 aromatic heterocycles. The van der Waals surface area contributed by atoms with Crippen LogP contribution < -0.4 is 0 Å². The molecule has 0 aliphatic rings. The van der Waals surface area contributed by atoms with Crippen LogP contribution in [0.3, 0.4) is 0 Å². The molecule has 1 N–H and O–H groups in total. The second kappa shape index (κ2) is 6.00. The van der Waals surface area contributed by atoms with Crippen LogP contribution in [-0.4, -0.2) is 10.9 Å². The number of fused-ring (bicyclic) bond motifs is 1. The highest BCUT2D eigenvalue weighted by Crippen LogP contribution is 2.30. The van der Waals surface area contributed by atoms with Crippen molar-refractivity contribution >= 4 is 16.6 Å². The predicted octanol–water partition coefficient (Wildman–Crippen LogP) is 4.99. The quantitative estimate of drug-likeness (QED) is 0.687. The van der Waals surface area contributed by atoms with Gasteiger partial charge in [0.1, 0.15) is 5.75 Å². The minimum Gasteiger partial charge on any atom is -0.507 e. The first kappa shape index (κ1) is 16.1. The van der Waals surface area contributed by atoms with E-state index < -0.39 is 11.7 Å². The minimum atomic E-state index is -4.43. The van der Waals surface area contributed by atoms with Crippen molar-refractivity contribution in [3.63, 3.8) is 0 Å². The summed E-state index contributed by atoms with van der Waals surface area (Å²) >= 11 is 0. The third kappa shape index (κ3) is 3.11. The Morgan fingerprint density at radius 3 is 2.17 bits per heavy atom. The summed E-state index contributed by atoms with van der Waals surface area (Å²) in [6.45, 7) is 0. The number of rotatable bonds is 3. The second-order valence-electron chi connectivity index (χ2n) is 5.47. The van der Waals surface area contributed by atoms with Gasteiger partial charge in [0.15, 0.2) is 5.78 Å². The fourth-order valence-electron chi connectivity index (χ4n) is 2.66. The Balaban J connectivity index is 1.91. The van der Waals surface area contributed by atoms with Gasteiger partial charge in [0.25, 0.3) is 0 Å². The standard InChI is InChI=1S/C19H13F3O2/c20-19(21,22)15-9-7-12(8-10-15)17(24)11-14-5-1-3-13-4-2-6-16(23)18(13)14/h1-10,23H,11H2. The normalized spacial score (nSPS) is 11.6. The molecule has 0 aliphatic heterocycles. The van der Waals surface area contributed by atoms with E-state index in [1.807, 2.05) is 12.1 Å². The summed E-state index contributed by atoms with van der Waals surface area (Å²) in [4.78, 5) is 12.4. The van der Waals surface area contributed by atoms with Crippen LogP contribution in [0.2, 0.25) is 0 Å². The fourth-order valence-corrected chi connectivity index (χ4v) is 2.66. The zero-order chi connectivity index (χ0) is 17.3. The van der Waals surface area contributed by atoms with E-state index in [2.05, 4.69) is 0 Å². The number of alkyl halides is 3. The van der Waals surface area contributed by atoms with Gasteiger partial charge in [-0.3, -0.25) is 4.79 Å². The number of halogens is 3. The summed E-state index contributed by atoms with van der Waals surface area (Å²) in [7, 11) is 0. The van der Waals surface area contributed by atoms with Crippen LogP contribution in [0.1, 0.15) is 21.5 Å². The maximum Gasteiger partial charge on any atom is 0.416 e. The Hall–Kier alpha value is -2.82. The van der Waals surface area contributed by atoms with Crippen molar-refractivity contribution in [2.24, 2.45) is 0 Å². The molecule has 0 radical (unpaired) electrons. The van der Waals surface area contributed by atoms with Crippen molar-refractivity contribution in [3.05, 3.63) is 77.4 Å². The number of carbonyl (C=O) groups is 1. The average Bonchev–Trinajstić information content (AvgIpc) is 2.54. The fraction of sp³-hybridized carbons (Fsp3) is 0.105. The molecule has 3 rings (SSSR count). The molecular formula is C19H13F3O2. The zero-order valence-corrected chi connectivity index (χ0v) is 12.5. The van der Waals surface area contributed by atoms with Crippen molar-refractivity contribution < 1.29 is 23.1 Å². The van der Waals surface area contributed by atoms with E-state index in [-0.39, 0.29) is 23.5 Å². The molecule has 24 heavy (non-hydrogen) atoms. The van der Waals surface area contributed by atoms with E-state index >= 15 is 0 Å². The maximum atomic E-state index is 12.6. The van der Waals surface area contributed by atoms with Crippen LogP contribution in [0.25, 0.3) is 10.8 Å². The third-order valence-corrected chi connectivity index (χ3v) is 3.85. The predicted molar refractivity (Wildman–Crippen MR) is 85.1 cm³/mol. The molecule has 5 heteroatoms. The first-order chi connectivity index (χ1) is 11.4. The van der Waals surface area contributed by atoms with Crippen LogP contribution >= 0.6 is 0 Å². The number of phenols is 1. The molecule has 2 nitrogen and oxygen atoms in total. The van der Waals surface area contributed by atoms with Gasteiger partial charge < -0.3 is 5.11 Å². The summed E-state index contributed by atoms with van der Waals surface area (Å²) in [6, 6.07) is 14.5. The van der Waals surface area contributed by atoms with Gasteiger partial charge in [-0.25, -0.2) is 0 Å². The lowest BCUT2D eigenvalue weighted by Gasteiger charge is -2.09. The van der Waals surface area contributed by atoms with Crippen LogP contribution in [0.4, 0.5) is 13.2 Å². The Morgan fingerprint density at radius 1 is 0.917 bits per heavy atom. The molecule has 0 saturated heterocycles. The Bertz CT molecular complexity index is 891. The van der Waals surface area contributed by atoms with Crippen LogP contribution in [-0.2, 0) is 12.6 Å². The molecule has 0 spiro atoms. The lowest BCUT2D eigenvalue weighted by molar-refractivity contribution is -0.137. The van der Waals surface area contributed by atoms with Gasteiger partial charge in [0, 0.05) is 17.4 Å². The van der Waals surface area contributed by atoms with Gasteiger partial charge in [-0.05, 0) is 29.1 Å². The van der Waals surface area contributed by atoms with Crippen molar-refractivity contribution in [2.45, 2.75) is 12.6 Å². The van der Waals surface area contributed by atoms with E-state index in [0.717, 1.165) is 17.5 Å². The number of Topliss-reactive ketones (excluding diaryl/α,β-unsaturated/α-hetero) is 1. The molecule has 0 aliphatic carbocycles. The largest absolute Gasteiger partial charge is 0.507 e. The summed E-state index contributed by atoms with van der Waals surface area (Å²) in [5, 5.41) is 11.4. The number of benzene rings is 3. The number of ketones is 1. The van der Waals surface area contributed by atoms with Gasteiger partial charge in [0.05, 0.1) is 5.56 Å². The van der Waals surface area contributed by atoms with E-state index in [1.165, 1.54) is 18.2 Å². The van der Waals surface area contributed by atoms with E-state index in [0.29, 0.717) is 10.9 Å². The van der Waals surface area contributed by atoms with Gasteiger partial charge in [0.2, 0.25) is 0 Å². The smallest absolute Gasteiger partial charge is 0.416 e. The van der Waals surface area contributed by atoms with Crippen molar-refractivity contribution in [2.75, 3.05) is 0 Å². The Morgan fingerprint density at radius 2 is 1.54 bits per heavy atom. The highest BCUT2D eigenvalue weighted by Gasteiger charge is 2.30. The average molecular weight is 330 g/mol. The first-order valence-electron chi connectivity index (χ1n) is 7.26. The Kier molecular flexibility index (Phi) is 4.01. The van der Waals surface area contributed by atoms with Gasteiger partial charge in [-0.1, -0.05) is 42.5 Å². The number of hydrogen-bond acceptors (Lipinski definition) is 2. The molecule has 0 fully saturated rings. The summed E-state index contributed by atoms with van der Waals surface area (Å²) < 4.78 is 37.7. The van der Waals surface area contributed by atoms with Crippen LogP contribution in [0, 0.1) is 0 Å². The third-order valence-electron chi connectivity index (χ3n) is 3.85. The molecule has 0 heterocycles. The Labute approximate surface area is 136 Å². The molecule has 0 amide bonds. The second-order valence-corrected chi connectivity index (χ2v) is 5.47. The van der Waals surface area contributed by atoms with Crippen molar-refractivity contribution in [1.82, 2.24) is 0 Å².